The molecule has 2 heterocycles. The van der Waals surface area contributed by atoms with E-state index in [1.165, 1.54) is 12.1 Å². The van der Waals surface area contributed by atoms with Crippen LogP contribution in [-0.2, 0) is 22.2 Å². The highest BCUT2D eigenvalue weighted by Gasteiger charge is 2.37. The monoisotopic (exact) mass is 1050 g/mol. The van der Waals surface area contributed by atoms with Crippen molar-refractivity contribution in [3.63, 3.8) is 0 Å². The van der Waals surface area contributed by atoms with Crippen LogP contribution in [0.1, 0.15) is 93.7 Å². The third kappa shape index (κ3) is 10.7. The molecule has 0 radical (unpaired) electrons. The number of hydrogen-bond acceptors (Lipinski definition) is 9. The Morgan fingerprint density at radius 1 is 0.692 bits per heavy atom. The Hall–Kier alpha value is -8.98. The predicted molar refractivity (Wildman–Crippen MR) is 295 cm³/mol. The smallest absolute Gasteiger partial charge is 0.421 e. The Kier molecular flexibility index (Phi) is 14.4. The summed E-state index contributed by atoms with van der Waals surface area (Å²) in [6.07, 6.45) is -3.42. The number of hydrogen-bond donors (Lipinski definition) is 3. The number of anilines is 5. The number of fused-ring (bicyclic) bond motifs is 6. The Bertz CT molecular complexity index is 3440. The van der Waals surface area contributed by atoms with Crippen LogP contribution in [0.25, 0.3) is 22.3 Å². The fourth-order valence-corrected chi connectivity index (χ4v) is 11.0. The summed E-state index contributed by atoms with van der Waals surface area (Å²) in [6, 6.07) is 53.7. The van der Waals surface area contributed by atoms with E-state index in [2.05, 4.69) is 74.4 Å². The molecule has 1 atom stereocenters. The predicted octanol–water partition coefficient (Wildman–Crippen LogP) is 14.2. The Morgan fingerprint density at radius 2 is 1.27 bits per heavy atom. The van der Waals surface area contributed by atoms with Gasteiger partial charge in [0.1, 0.15) is 24.6 Å². The maximum Gasteiger partial charge on any atom is 0.421 e. The maximum absolute atomic E-state index is 14.7. The second-order valence-corrected chi connectivity index (χ2v) is 20.1. The number of nitrogens with one attached hydrogen (secondary N) is 3. The van der Waals surface area contributed by atoms with Gasteiger partial charge in [-0.2, -0.15) is 18.2 Å². The van der Waals surface area contributed by atoms with Gasteiger partial charge in [0.25, 0.3) is 5.91 Å². The minimum atomic E-state index is -4.81. The van der Waals surface area contributed by atoms with Crippen LogP contribution in [-0.4, -0.2) is 65.3 Å². The van der Waals surface area contributed by atoms with E-state index in [1.54, 1.807) is 60.0 Å². The van der Waals surface area contributed by atoms with E-state index in [0.717, 1.165) is 68.5 Å². The number of amides is 3. The number of rotatable bonds is 14. The van der Waals surface area contributed by atoms with E-state index in [1.807, 2.05) is 72.8 Å². The van der Waals surface area contributed by atoms with Gasteiger partial charge in [-0.05, 0) is 119 Å². The Morgan fingerprint density at radius 3 is 1.87 bits per heavy atom. The van der Waals surface area contributed by atoms with Crippen molar-refractivity contribution in [2.75, 3.05) is 41.8 Å². The van der Waals surface area contributed by atoms with E-state index in [0.29, 0.717) is 30.7 Å². The normalized spacial score (nSPS) is 14.7. The van der Waals surface area contributed by atoms with Gasteiger partial charge in [-0.3, -0.25) is 9.69 Å². The average Bonchev–Trinajstić information content (AvgIpc) is 4.04. The summed E-state index contributed by atoms with van der Waals surface area (Å²) < 4.78 is 55.4. The summed E-state index contributed by atoms with van der Waals surface area (Å²) >= 11 is 0. The highest BCUT2D eigenvalue weighted by atomic mass is 19.4. The number of ether oxygens (including phenoxy) is 2. The molecule has 0 saturated carbocycles. The molecule has 0 spiro atoms. The standard InChI is InChI=1S/C63H56F3N7O5/c1-39(2)68-59(74)53-26-11-12-27-57(53)70-58-56(63(64,65)66)34-67-60(71-58)69-43-30-28-40(29-31-43)35-73(62(76)78-38-55-51-24-9-5-20-47(51)48-21-6-10-25-52(48)55)44-17-13-15-41(33-44)42-16-14-32-72(36-42)61(75)77-37-54-49-22-7-3-18-45(49)46-19-4-8-23-50(46)54/h3-13,15,17-31,33-34,39,42,54-55H,14,16,32,35-38H2,1-2H3,(H,68,74)(H2,67,69,70,71). The highest BCUT2D eigenvalue weighted by Crippen LogP contribution is 2.46. The van der Waals surface area contributed by atoms with Crippen molar-refractivity contribution in [1.82, 2.24) is 20.2 Å². The van der Waals surface area contributed by atoms with Crippen molar-refractivity contribution in [3.05, 3.63) is 221 Å². The molecule has 1 aromatic heterocycles. The summed E-state index contributed by atoms with van der Waals surface area (Å²) in [5.41, 5.74) is 10.9. The SMILES string of the molecule is CC(C)NC(=O)c1ccccc1Nc1nc(Nc2ccc(CN(C(=O)OCC3c4ccccc4-c4ccccc43)c3cccc(C4CCCN(C(=O)OCC5c6ccccc6-c6ccccc65)C4)c3)cc2)ncc1C(F)(F)F. The lowest BCUT2D eigenvalue weighted by Crippen LogP contribution is -2.40. The summed E-state index contributed by atoms with van der Waals surface area (Å²) in [5, 5.41) is 8.51. The van der Waals surface area contributed by atoms with Gasteiger partial charge in [0.15, 0.2) is 0 Å². The number of piperidine rings is 1. The molecule has 7 aromatic carbocycles. The van der Waals surface area contributed by atoms with Crippen LogP contribution < -0.4 is 20.9 Å². The van der Waals surface area contributed by atoms with Gasteiger partial charge in [-0.25, -0.2) is 14.6 Å². The summed E-state index contributed by atoms with van der Waals surface area (Å²) in [6.45, 7) is 5.02. The van der Waals surface area contributed by atoms with Gasteiger partial charge in [-0.1, -0.05) is 133 Å². The number of benzene rings is 7. The summed E-state index contributed by atoms with van der Waals surface area (Å²) in [4.78, 5) is 53.1. The minimum Gasteiger partial charge on any atom is -0.448 e. The van der Waals surface area contributed by atoms with Crippen LogP contribution in [0.15, 0.2) is 176 Å². The van der Waals surface area contributed by atoms with Gasteiger partial charge in [-0.15, -0.1) is 0 Å². The van der Waals surface area contributed by atoms with Crippen molar-refractivity contribution < 1.29 is 37.0 Å². The third-order valence-corrected chi connectivity index (χ3v) is 14.7. The largest absolute Gasteiger partial charge is 0.448 e. The molecular weight excluding hydrogens is 992 g/mol. The fourth-order valence-electron chi connectivity index (χ4n) is 11.0. The van der Waals surface area contributed by atoms with Crippen LogP contribution in [0.4, 0.5) is 51.6 Å². The number of halogens is 3. The molecular formula is C63H56F3N7O5. The van der Waals surface area contributed by atoms with Crippen LogP contribution >= 0.6 is 0 Å². The number of aromatic nitrogens is 2. The molecule has 3 aliphatic rings. The summed E-state index contributed by atoms with van der Waals surface area (Å²) in [5.74, 6) is -1.38. The number of para-hydroxylation sites is 1. The first-order valence-corrected chi connectivity index (χ1v) is 26.2. The first-order valence-electron chi connectivity index (χ1n) is 26.2. The second kappa shape index (κ2) is 21.9. The molecule has 1 saturated heterocycles. The van der Waals surface area contributed by atoms with Crippen LogP contribution in [0.2, 0.25) is 0 Å². The number of carbonyl (C=O) groups excluding carboxylic acids is 3. The van der Waals surface area contributed by atoms with Crippen LogP contribution in [0.5, 0.6) is 0 Å². The van der Waals surface area contributed by atoms with Gasteiger partial charge in [0.2, 0.25) is 5.95 Å². The zero-order valence-electron chi connectivity index (χ0n) is 43.0. The fraction of sp³-hybridized carbons (Fsp3) is 0.222. The molecule has 3 amide bonds. The molecule has 12 nitrogen and oxygen atoms in total. The molecule has 8 aromatic rings. The lowest BCUT2D eigenvalue weighted by Gasteiger charge is -2.33. The third-order valence-electron chi connectivity index (χ3n) is 14.7. The lowest BCUT2D eigenvalue weighted by atomic mass is 9.90. The molecule has 1 aliphatic heterocycles. The molecule has 2 aliphatic carbocycles. The van der Waals surface area contributed by atoms with Crippen molar-refractivity contribution in [2.24, 2.45) is 0 Å². The quantitative estimate of drug-likeness (QED) is 0.0972. The van der Waals surface area contributed by atoms with Gasteiger partial charge < -0.3 is 30.3 Å². The van der Waals surface area contributed by atoms with Crippen molar-refractivity contribution >= 4 is 46.9 Å². The number of carbonyl (C=O) groups is 3. The van der Waals surface area contributed by atoms with Crippen LogP contribution in [0.3, 0.4) is 0 Å². The first-order chi connectivity index (χ1) is 37.9. The Labute approximate surface area is 450 Å². The Balaban J connectivity index is 0.822. The van der Waals surface area contributed by atoms with Crippen molar-refractivity contribution in [3.8, 4) is 22.3 Å². The molecule has 3 N–H and O–H groups in total. The van der Waals surface area contributed by atoms with E-state index < -0.39 is 29.6 Å². The zero-order valence-corrected chi connectivity index (χ0v) is 43.0. The second-order valence-electron chi connectivity index (χ2n) is 20.1. The molecule has 1 unspecified atom stereocenters. The van der Waals surface area contributed by atoms with E-state index in [-0.39, 0.29) is 66.8 Å². The number of alkyl halides is 3. The van der Waals surface area contributed by atoms with Gasteiger partial charge >= 0.3 is 18.4 Å². The van der Waals surface area contributed by atoms with E-state index >= 15 is 0 Å². The van der Waals surface area contributed by atoms with Gasteiger partial charge in [0.05, 0.1) is 17.8 Å². The van der Waals surface area contributed by atoms with Crippen molar-refractivity contribution in [2.45, 2.75) is 63.2 Å². The number of likely N-dealkylation sites (tertiary alicyclic amines) is 1. The topological polar surface area (TPSA) is 138 Å². The molecule has 11 rings (SSSR count). The van der Waals surface area contributed by atoms with E-state index in [4.69, 9.17) is 9.47 Å². The van der Waals surface area contributed by atoms with Crippen molar-refractivity contribution in [1.29, 1.82) is 0 Å². The highest BCUT2D eigenvalue weighted by molar-refractivity contribution is 6.00. The minimum absolute atomic E-state index is 0.0313. The molecule has 15 heteroatoms. The number of nitrogens with zero attached hydrogens (tertiary/aromatic N) is 4. The lowest BCUT2D eigenvalue weighted by molar-refractivity contribution is -0.137. The van der Waals surface area contributed by atoms with Gasteiger partial charge in [0, 0.05) is 54.5 Å². The molecule has 78 heavy (non-hydrogen) atoms. The molecule has 394 valence electrons. The molecule has 1 fully saturated rings. The zero-order chi connectivity index (χ0) is 53.9. The van der Waals surface area contributed by atoms with E-state index in [9.17, 15) is 27.6 Å². The first kappa shape index (κ1) is 51.1. The van der Waals surface area contributed by atoms with Crippen LogP contribution in [0, 0.1) is 0 Å². The maximum atomic E-state index is 14.7. The average molecular weight is 1050 g/mol. The molecule has 0 bridgehead atoms. The summed E-state index contributed by atoms with van der Waals surface area (Å²) in [7, 11) is 0.